The van der Waals surface area contributed by atoms with Gasteiger partial charge in [0, 0.05) is 11.3 Å². The third-order valence-corrected chi connectivity index (χ3v) is 4.06. The zero-order valence-corrected chi connectivity index (χ0v) is 12.1. The molecule has 2 aromatic rings. The number of rotatable bonds is 3. The fourth-order valence-corrected chi connectivity index (χ4v) is 2.72. The van der Waals surface area contributed by atoms with Crippen molar-refractivity contribution in [2.75, 3.05) is 5.32 Å². The first-order chi connectivity index (χ1) is 9.98. The Balaban J connectivity index is 1.96. The van der Waals surface area contributed by atoms with Crippen molar-refractivity contribution >= 4 is 17.4 Å². The molecule has 1 aliphatic heterocycles. The second-order valence-electron chi connectivity index (χ2n) is 5.92. The molecule has 1 heterocycles. The van der Waals surface area contributed by atoms with Gasteiger partial charge in [0.15, 0.2) is 5.78 Å². The quantitative estimate of drug-likeness (QED) is 0.876. The van der Waals surface area contributed by atoms with Crippen molar-refractivity contribution in [2.24, 2.45) is 0 Å². The Hall–Kier alpha value is -2.42. The van der Waals surface area contributed by atoms with Crippen molar-refractivity contribution in [1.82, 2.24) is 0 Å². The lowest BCUT2D eigenvalue weighted by molar-refractivity contribution is -0.115. The SMILES string of the molecule is CC(C)(C(=O)c1ccc2c(c1)CC(=O)N2)c1ccccc1. The third kappa shape index (κ3) is 2.35. The maximum atomic E-state index is 12.8. The van der Waals surface area contributed by atoms with Gasteiger partial charge in [0.05, 0.1) is 11.8 Å². The van der Waals surface area contributed by atoms with Crippen LogP contribution in [-0.4, -0.2) is 11.7 Å². The smallest absolute Gasteiger partial charge is 0.228 e. The van der Waals surface area contributed by atoms with E-state index in [1.54, 1.807) is 6.07 Å². The van der Waals surface area contributed by atoms with E-state index in [1.807, 2.05) is 56.3 Å². The van der Waals surface area contributed by atoms with Crippen molar-refractivity contribution in [1.29, 1.82) is 0 Å². The van der Waals surface area contributed by atoms with Crippen LogP contribution in [0.5, 0.6) is 0 Å². The van der Waals surface area contributed by atoms with Crippen LogP contribution in [-0.2, 0) is 16.6 Å². The number of amides is 1. The highest BCUT2D eigenvalue weighted by Crippen LogP contribution is 2.30. The number of ketones is 1. The van der Waals surface area contributed by atoms with E-state index in [0.29, 0.717) is 12.0 Å². The molecule has 1 amide bonds. The summed E-state index contributed by atoms with van der Waals surface area (Å²) in [5.41, 5.74) is 2.76. The Kier molecular flexibility index (Phi) is 3.13. The Labute approximate surface area is 124 Å². The molecule has 3 heteroatoms. The summed E-state index contributed by atoms with van der Waals surface area (Å²) >= 11 is 0. The Morgan fingerprint density at radius 3 is 2.52 bits per heavy atom. The lowest BCUT2D eigenvalue weighted by atomic mass is 9.78. The van der Waals surface area contributed by atoms with E-state index in [1.165, 1.54) is 0 Å². The molecule has 3 nitrogen and oxygen atoms in total. The van der Waals surface area contributed by atoms with Gasteiger partial charge in [0.2, 0.25) is 5.91 Å². The molecular formula is C18H17NO2. The largest absolute Gasteiger partial charge is 0.326 e. The molecule has 0 radical (unpaired) electrons. The Bertz CT molecular complexity index is 717. The molecule has 0 bridgehead atoms. The van der Waals surface area contributed by atoms with Crippen LogP contribution in [0.25, 0.3) is 0 Å². The summed E-state index contributed by atoms with van der Waals surface area (Å²) in [6.07, 6.45) is 0.349. The van der Waals surface area contributed by atoms with Gasteiger partial charge in [-0.15, -0.1) is 0 Å². The molecule has 3 rings (SSSR count). The molecular weight excluding hydrogens is 262 g/mol. The van der Waals surface area contributed by atoms with Crippen molar-refractivity contribution in [2.45, 2.75) is 25.7 Å². The van der Waals surface area contributed by atoms with Crippen molar-refractivity contribution < 1.29 is 9.59 Å². The van der Waals surface area contributed by atoms with Crippen LogP contribution in [0.3, 0.4) is 0 Å². The Morgan fingerprint density at radius 2 is 1.81 bits per heavy atom. The van der Waals surface area contributed by atoms with Crippen LogP contribution in [0.15, 0.2) is 48.5 Å². The number of hydrogen-bond donors (Lipinski definition) is 1. The molecule has 0 atom stereocenters. The highest BCUT2D eigenvalue weighted by molar-refractivity contribution is 6.06. The molecule has 1 aliphatic rings. The molecule has 0 unspecified atom stereocenters. The van der Waals surface area contributed by atoms with Gasteiger partial charge >= 0.3 is 0 Å². The first kappa shape index (κ1) is 13.6. The fourth-order valence-electron chi connectivity index (χ4n) is 2.72. The summed E-state index contributed by atoms with van der Waals surface area (Å²) in [5.74, 6) is 0.0489. The summed E-state index contributed by atoms with van der Waals surface area (Å²) < 4.78 is 0. The topological polar surface area (TPSA) is 46.2 Å². The van der Waals surface area contributed by atoms with E-state index in [-0.39, 0.29) is 11.7 Å². The van der Waals surface area contributed by atoms with Gasteiger partial charge in [-0.3, -0.25) is 9.59 Å². The standard InChI is InChI=1S/C18H17NO2/c1-18(2,14-6-4-3-5-7-14)17(21)12-8-9-15-13(10-12)11-16(20)19-15/h3-10H,11H2,1-2H3,(H,19,20). The Morgan fingerprint density at radius 1 is 1.10 bits per heavy atom. The molecule has 0 spiro atoms. The molecule has 106 valence electrons. The zero-order chi connectivity index (χ0) is 15.0. The van der Waals surface area contributed by atoms with E-state index in [2.05, 4.69) is 5.32 Å². The number of anilines is 1. The van der Waals surface area contributed by atoms with Crippen molar-refractivity contribution in [3.63, 3.8) is 0 Å². The lowest BCUT2D eigenvalue weighted by Crippen LogP contribution is -2.29. The van der Waals surface area contributed by atoms with Gasteiger partial charge in [-0.25, -0.2) is 0 Å². The van der Waals surface area contributed by atoms with E-state index in [4.69, 9.17) is 0 Å². The van der Waals surface area contributed by atoms with E-state index < -0.39 is 5.41 Å². The molecule has 0 saturated carbocycles. The van der Waals surface area contributed by atoms with Gasteiger partial charge < -0.3 is 5.32 Å². The molecule has 0 fully saturated rings. The van der Waals surface area contributed by atoms with Crippen LogP contribution < -0.4 is 5.32 Å². The summed E-state index contributed by atoms with van der Waals surface area (Å²) in [5, 5.41) is 2.78. The minimum Gasteiger partial charge on any atom is -0.326 e. The summed E-state index contributed by atoms with van der Waals surface area (Å²) in [7, 11) is 0. The minimum atomic E-state index is -0.592. The van der Waals surface area contributed by atoms with Gasteiger partial charge in [-0.2, -0.15) is 0 Å². The average Bonchev–Trinajstić information content (AvgIpc) is 2.86. The predicted molar refractivity (Wildman–Crippen MR) is 82.6 cm³/mol. The maximum Gasteiger partial charge on any atom is 0.228 e. The summed E-state index contributed by atoms with van der Waals surface area (Å²) in [6, 6.07) is 15.2. The highest BCUT2D eigenvalue weighted by Gasteiger charge is 2.31. The lowest BCUT2D eigenvalue weighted by Gasteiger charge is -2.24. The number of benzene rings is 2. The van der Waals surface area contributed by atoms with Gasteiger partial charge in [0.1, 0.15) is 0 Å². The van der Waals surface area contributed by atoms with Crippen LogP contribution in [0, 0.1) is 0 Å². The monoisotopic (exact) mass is 279 g/mol. The molecule has 21 heavy (non-hydrogen) atoms. The molecule has 2 aromatic carbocycles. The van der Waals surface area contributed by atoms with Crippen LogP contribution >= 0.6 is 0 Å². The molecule has 0 aromatic heterocycles. The number of fused-ring (bicyclic) bond motifs is 1. The number of carbonyl (C=O) groups is 2. The van der Waals surface area contributed by atoms with Gasteiger partial charge in [0.25, 0.3) is 0 Å². The van der Waals surface area contributed by atoms with Crippen LogP contribution in [0.2, 0.25) is 0 Å². The van der Waals surface area contributed by atoms with Crippen molar-refractivity contribution in [3.05, 3.63) is 65.2 Å². The van der Waals surface area contributed by atoms with Crippen LogP contribution in [0.1, 0.15) is 35.3 Å². The number of hydrogen-bond acceptors (Lipinski definition) is 2. The predicted octanol–water partition coefficient (Wildman–Crippen LogP) is 3.34. The number of Topliss-reactive ketones (excluding diaryl/α,β-unsaturated/α-hetero) is 1. The van der Waals surface area contributed by atoms with E-state index in [0.717, 1.165) is 16.8 Å². The van der Waals surface area contributed by atoms with Gasteiger partial charge in [-0.1, -0.05) is 30.3 Å². The average molecular weight is 279 g/mol. The summed E-state index contributed by atoms with van der Waals surface area (Å²) in [6.45, 7) is 3.86. The molecule has 0 aliphatic carbocycles. The minimum absolute atomic E-state index is 0.0167. The maximum absolute atomic E-state index is 12.8. The highest BCUT2D eigenvalue weighted by atomic mass is 16.1. The normalized spacial score (nSPS) is 13.7. The van der Waals surface area contributed by atoms with E-state index in [9.17, 15) is 9.59 Å². The number of nitrogens with one attached hydrogen (secondary N) is 1. The third-order valence-electron chi connectivity index (χ3n) is 4.06. The van der Waals surface area contributed by atoms with Gasteiger partial charge in [-0.05, 0) is 43.2 Å². The first-order valence-corrected chi connectivity index (χ1v) is 7.01. The molecule has 1 N–H and O–H groups in total. The number of carbonyl (C=O) groups excluding carboxylic acids is 2. The molecule has 0 saturated heterocycles. The zero-order valence-electron chi connectivity index (χ0n) is 12.1. The fraction of sp³-hybridized carbons (Fsp3) is 0.222. The summed E-state index contributed by atoms with van der Waals surface area (Å²) in [4.78, 5) is 24.2. The van der Waals surface area contributed by atoms with Crippen LogP contribution in [0.4, 0.5) is 5.69 Å². The van der Waals surface area contributed by atoms with E-state index >= 15 is 0 Å². The second kappa shape index (κ2) is 4.85. The van der Waals surface area contributed by atoms with Crippen molar-refractivity contribution in [3.8, 4) is 0 Å². The second-order valence-corrected chi connectivity index (χ2v) is 5.92. The first-order valence-electron chi connectivity index (χ1n) is 7.01.